The minimum absolute atomic E-state index is 0.147. The zero-order chi connectivity index (χ0) is 14.7. The van der Waals surface area contributed by atoms with Crippen molar-refractivity contribution in [1.29, 1.82) is 0 Å². The summed E-state index contributed by atoms with van der Waals surface area (Å²) in [4.78, 5) is 11.1. The molecule has 4 nitrogen and oxygen atoms in total. The molecule has 2 heterocycles. The molecular formula is C14H21Cl2N3O. The third kappa shape index (κ3) is 3.61. The van der Waals surface area contributed by atoms with Crippen molar-refractivity contribution in [2.24, 2.45) is 0 Å². The average molecular weight is 318 g/mol. The van der Waals surface area contributed by atoms with Crippen LogP contribution >= 0.6 is 23.2 Å². The lowest BCUT2D eigenvalue weighted by atomic mass is 10.1. The molecule has 0 bridgehead atoms. The van der Waals surface area contributed by atoms with Crippen molar-refractivity contribution in [3.63, 3.8) is 0 Å². The first-order valence-corrected chi connectivity index (χ1v) is 7.85. The van der Waals surface area contributed by atoms with Gasteiger partial charge in [-0.2, -0.15) is 0 Å². The highest BCUT2D eigenvalue weighted by atomic mass is 35.5. The number of morpholine rings is 1. The molecule has 2 rings (SSSR count). The number of rotatable bonds is 4. The van der Waals surface area contributed by atoms with Crippen LogP contribution in [0.3, 0.4) is 0 Å². The number of nitrogens with zero attached hydrogens (tertiary/aromatic N) is 3. The molecule has 1 atom stereocenters. The number of hydrogen-bond acceptors (Lipinski definition) is 4. The van der Waals surface area contributed by atoms with Crippen molar-refractivity contribution in [3.05, 3.63) is 21.7 Å². The molecule has 0 aromatic carbocycles. The molecule has 1 aromatic rings. The van der Waals surface area contributed by atoms with Gasteiger partial charge >= 0.3 is 0 Å². The van der Waals surface area contributed by atoms with E-state index >= 15 is 0 Å². The van der Waals surface area contributed by atoms with Crippen LogP contribution in [0, 0.1) is 0 Å². The van der Waals surface area contributed by atoms with Crippen molar-refractivity contribution in [3.8, 4) is 0 Å². The van der Waals surface area contributed by atoms with E-state index in [9.17, 15) is 0 Å². The summed E-state index contributed by atoms with van der Waals surface area (Å²) >= 11 is 12.5. The smallest absolute Gasteiger partial charge is 0.161 e. The highest BCUT2D eigenvalue weighted by Gasteiger charge is 2.26. The zero-order valence-electron chi connectivity index (χ0n) is 12.2. The normalized spacial score (nSPS) is 20.6. The highest BCUT2D eigenvalue weighted by molar-refractivity contribution is 6.34. The van der Waals surface area contributed by atoms with Crippen LogP contribution in [0.1, 0.15) is 50.6 Å². The van der Waals surface area contributed by atoms with Crippen molar-refractivity contribution >= 4 is 23.2 Å². The summed E-state index contributed by atoms with van der Waals surface area (Å²) in [6, 6.07) is 0. The average Bonchev–Trinajstić information content (AvgIpc) is 2.38. The van der Waals surface area contributed by atoms with Gasteiger partial charge in [-0.1, -0.05) is 44.0 Å². The van der Waals surface area contributed by atoms with Gasteiger partial charge in [0.15, 0.2) is 5.82 Å². The first-order valence-electron chi connectivity index (χ1n) is 7.09. The topological polar surface area (TPSA) is 38.2 Å². The van der Waals surface area contributed by atoms with E-state index in [0.29, 0.717) is 22.7 Å². The Hall–Kier alpha value is -0.420. The largest absolute Gasteiger partial charge is 0.368 e. The first kappa shape index (κ1) is 16.0. The van der Waals surface area contributed by atoms with Gasteiger partial charge in [-0.05, 0) is 18.9 Å². The molecule has 20 heavy (non-hydrogen) atoms. The van der Waals surface area contributed by atoms with Crippen LogP contribution in [0.5, 0.6) is 0 Å². The first-order chi connectivity index (χ1) is 9.52. The second kappa shape index (κ2) is 7.03. The summed E-state index contributed by atoms with van der Waals surface area (Å²) in [5.41, 5.74) is 0.804. The molecule has 6 heteroatoms. The van der Waals surface area contributed by atoms with Crippen molar-refractivity contribution < 1.29 is 4.74 Å². The van der Waals surface area contributed by atoms with Crippen LogP contribution in [-0.4, -0.2) is 41.1 Å². The Morgan fingerprint density at radius 3 is 2.50 bits per heavy atom. The molecule has 1 aliphatic heterocycles. The third-order valence-electron chi connectivity index (χ3n) is 3.43. The van der Waals surface area contributed by atoms with E-state index in [1.54, 1.807) is 0 Å². The van der Waals surface area contributed by atoms with Gasteiger partial charge in [0.05, 0.1) is 6.61 Å². The lowest BCUT2D eigenvalue weighted by Gasteiger charge is -2.32. The van der Waals surface area contributed by atoms with Gasteiger partial charge in [0, 0.05) is 18.7 Å². The minimum atomic E-state index is -0.147. The van der Waals surface area contributed by atoms with E-state index in [0.717, 1.165) is 31.6 Å². The molecule has 0 saturated carbocycles. The third-order valence-corrected chi connectivity index (χ3v) is 4.00. The van der Waals surface area contributed by atoms with Crippen molar-refractivity contribution in [2.75, 3.05) is 26.2 Å². The van der Waals surface area contributed by atoms with E-state index in [4.69, 9.17) is 27.9 Å². The maximum atomic E-state index is 6.24. The molecule has 1 aromatic heterocycles. The van der Waals surface area contributed by atoms with E-state index in [1.165, 1.54) is 0 Å². The Morgan fingerprint density at radius 1 is 1.30 bits per heavy atom. The van der Waals surface area contributed by atoms with Crippen LogP contribution in [-0.2, 0) is 4.74 Å². The van der Waals surface area contributed by atoms with Gasteiger partial charge in [0.2, 0.25) is 0 Å². The SMILES string of the molecule is CCCN1CCOC(c2nc(Cl)c(C(C)C)c(Cl)n2)C1. The van der Waals surface area contributed by atoms with E-state index in [1.807, 2.05) is 13.8 Å². The Bertz CT molecular complexity index is 443. The Balaban J connectivity index is 2.20. The van der Waals surface area contributed by atoms with Gasteiger partial charge in [0.1, 0.15) is 16.4 Å². The summed E-state index contributed by atoms with van der Waals surface area (Å²) in [6.07, 6.45) is 0.980. The standard InChI is InChI=1S/C14H21Cl2N3O/c1-4-5-19-6-7-20-10(8-19)14-17-12(15)11(9(2)3)13(16)18-14/h9-10H,4-8H2,1-3H3. The van der Waals surface area contributed by atoms with Crippen LogP contribution < -0.4 is 0 Å². The minimum Gasteiger partial charge on any atom is -0.368 e. The fourth-order valence-electron chi connectivity index (χ4n) is 2.43. The molecule has 1 saturated heterocycles. The second-order valence-electron chi connectivity index (χ2n) is 5.39. The zero-order valence-corrected chi connectivity index (χ0v) is 13.7. The van der Waals surface area contributed by atoms with Crippen LogP contribution in [0.4, 0.5) is 0 Å². The molecule has 0 amide bonds. The van der Waals surface area contributed by atoms with Gasteiger partial charge < -0.3 is 4.74 Å². The van der Waals surface area contributed by atoms with Gasteiger partial charge in [-0.15, -0.1) is 0 Å². The lowest BCUT2D eigenvalue weighted by Crippen LogP contribution is -2.39. The quantitative estimate of drug-likeness (QED) is 0.794. The molecule has 1 aliphatic rings. The number of hydrogen-bond donors (Lipinski definition) is 0. The molecule has 0 radical (unpaired) electrons. The van der Waals surface area contributed by atoms with Crippen LogP contribution in [0.15, 0.2) is 0 Å². The van der Waals surface area contributed by atoms with E-state index in [2.05, 4.69) is 21.8 Å². The predicted octanol–water partition coefficient (Wildman–Crippen LogP) is 3.69. The Kier molecular flexibility index (Phi) is 5.61. The molecule has 0 spiro atoms. The molecule has 1 fully saturated rings. The Morgan fingerprint density at radius 2 is 1.95 bits per heavy atom. The summed E-state index contributed by atoms with van der Waals surface area (Å²) < 4.78 is 5.77. The van der Waals surface area contributed by atoms with Crippen molar-refractivity contribution in [1.82, 2.24) is 14.9 Å². The van der Waals surface area contributed by atoms with Crippen molar-refractivity contribution in [2.45, 2.75) is 39.2 Å². The number of halogens is 2. The van der Waals surface area contributed by atoms with Gasteiger partial charge in [-0.25, -0.2) is 9.97 Å². The Labute approximate surface area is 130 Å². The number of aromatic nitrogens is 2. The summed E-state index contributed by atoms with van der Waals surface area (Å²) in [7, 11) is 0. The summed E-state index contributed by atoms with van der Waals surface area (Å²) in [5.74, 6) is 0.790. The fraction of sp³-hybridized carbons (Fsp3) is 0.714. The molecule has 112 valence electrons. The predicted molar refractivity (Wildman–Crippen MR) is 81.6 cm³/mol. The number of ether oxygens (including phenoxy) is 1. The monoisotopic (exact) mass is 317 g/mol. The van der Waals surface area contributed by atoms with E-state index in [-0.39, 0.29) is 12.0 Å². The molecular weight excluding hydrogens is 297 g/mol. The van der Waals surface area contributed by atoms with Crippen LogP contribution in [0.2, 0.25) is 10.3 Å². The highest BCUT2D eigenvalue weighted by Crippen LogP contribution is 2.31. The molecule has 0 aliphatic carbocycles. The maximum absolute atomic E-state index is 6.24. The second-order valence-corrected chi connectivity index (χ2v) is 6.11. The molecule has 1 unspecified atom stereocenters. The van der Waals surface area contributed by atoms with E-state index < -0.39 is 0 Å². The summed E-state index contributed by atoms with van der Waals surface area (Å²) in [5, 5.41) is 0.873. The summed E-state index contributed by atoms with van der Waals surface area (Å²) in [6.45, 7) is 9.72. The molecule has 0 N–H and O–H groups in total. The van der Waals surface area contributed by atoms with Crippen LogP contribution in [0.25, 0.3) is 0 Å². The maximum Gasteiger partial charge on any atom is 0.161 e. The van der Waals surface area contributed by atoms with Gasteiger partial charge in [0.25, 0.3) is 0 Å². The fourth-order valence-corrected chi connectivity index (χ4v) is 3.27. The lowest BCUT2D eigenvalue weighted by molar-refractivity contribution is -0.0342. The van der Waals surface area contributed by atoms with Gasteiger partial charge in [-0.3, -0.25) is 4.90 Å².